The molecule has 0 bridgehead atoms. The predicted molar refractivity (Wildman–Crippen MR) is 76.7 cm³/mol. The Morgan fingerprint density at radius 2 is 1.89 bits per heavy atom. The third-order valence-electron chi connectivity index (χ3n) is 2.73. The lowest BCUT2D eigenvalue weighted by Gasteiger charge is -2.08. The van der Waals surface area contributed by atoms with Gasteiger partial charge in [0.25, 0.3) is 0 Å². The van der Waals surface area contributed by atoms with Crippen molar-refractivity contribution in [2.45, 2.75) is 23.6 Å². The molecule has 0 fully saturated rings. The van der Waals surface area contributed by atoms with Crippen molar-refractivity contribution in [1.82, 2.24) is 0 Å². The molecule has 1 unspecified atom stereocenters. The van der Waals surface area contributed by atoms with E-state index < -0.39 is 0 Å². The van der Waals surface area contributed by atoms with Crippen LogP contribution in [0.5, 0.6) is 5.75 Å². The summed E-state index contributed by atoms with van der Waals surface area (Å²) in [4.78, 5) is 1.22. The van der Waals surface area contributed by atoms with Crippen LogP contribution in [-0.2, 0) is 5.75 Å². The van der Waals surface area contributed by atoms with Gasteiger partial charge in [-0.05, 0) is 42.3 Å². The highest BCUT2D eigenvalue weighted by Gasteiger charge is 2.01. The van der Waals surface area contributed by atoms with Gasteiger partial charge in [0.1, 0.15) is 5.75 Å². The molecule has 18 heavy (non-hydrogen) atoms. The largest absolute Gasteiger partial charge is 0.508 e. The van der Waals surface area contributed by atoms with Crippen molar-refractivity contribution < 1.29 is 5.11 Å². The van der Waals surface area contributed by atoms with Crippen LogP contribution < -0.4 is 5.73 Å². The summed E-state index contributed by atoms with van der Waals surface area (Å²) in [6.07, 6.45) is 0. The lowest BCUT2D eigenvalue weighted by atomic mass is 10.1. The highest BCUT2D eigenvalue weighted by atomic mass is 32.2. The number of aromatic hydroxyl groups is 1. The minimum absolute atomic E-state index is 0.0687. The lowest BCUT2D eigenvalue weighted by Crippen LogP contribution is -2.04. The van der Waals surface area contributed by atoms with E-state index in [1.165, 1.54) is 10.5 Å². The first-order valence-electron chi connectivity index (χ1n) is 5.91. The van der Waals surface area contributed by atoms with Gasteiger partial charge in [0.2, 0.25) is 0 Å². The van der Waals surface area contributed by atoms with E-state index in [0.717, 1.165) is 11.3 Å². The Kier molecular flexibility index (Phi) is 4.28. The SMILES string of the molecule is CC(N)c1cccc(SCc2ccc(O)cc2)c1. The molecule has 2 rings (SSSR count). The molecule has 2 nitrogen and oxygen atoms in total. The van der Waals surface area contributed by atoms with Crippen molar-refractivity contribution in [3.8, 4) is 5.75 Å². The normalized spacial score (nSPS) is 12.3. The number of rotatable bonds is 4. The van der Waals surface area contributed by atoms with E-state index in [2.05, 4.69) is 18.2 Å². The van der Waals surface area contributed by atoms with Crippen LogP contribution in [0, 0.1) is 0 Å². The third kappa shape index (κ3) is 3.52. The number of nitrogens with two attached hydrogens (primary N) is 1. The van der Waals surface area contributed by atoms with Crippen molar-refractivity contribution in [3.63, 3.8) is 0 Å². The highest BCUT2D eigenvalue weighted by molar-refractivity contribution is 7.98. The molecule has 1 atom stereocenters. The average Bonchev–Trinajstić information content (AvgIpc) is 2.38. The molecule has 0 radical (unpaired) electrons. The monoisotopic (exact) mass is 259 g/mol. The van der Waals surface area contributed by atoms with Crippen molar-refractivity contribution in [2.75, 3.05) is 0 Å². The summed E-state index contributed by atoms with van der Waals surface area (Å²) >= 11 is 1.77. The van der Waals surface area contributed by atoms with Crippen LogP contribution in [0.15, 0.2) is 53.4 Å². The fraction of sp³-hybridized carbons (Fsp3) is 0.200. The van der Waals surface area contributed by atoms with E-state index in [0.29, 0.717) is 5.75 Å². The molecule has 2 aromatic rings. The first kappa shape index (κ1) is 13.0. The highest BCUT2D eigenvalue weighted by Crippen LogP contribution is 2.25. The van der Waals surface area contributed by atoms with E-state index in [-0.39, 0.29) is 6.04 Å². The van der Waals surface area contributed by atoms with Crippen molar-refractivity contribution in [1.29, 1.82) is 0 Å². The van der Waals surface area contributed by atoms with Gasteiger partial charge in [-0.2, -0.15) is 0 Å². The molecule has 0 amide bonds. The lowest BCUT2D eigenvalue weighted by molar-refractivity contribution is 0.475. The van der Waals surface area contributed by atoms with Crippen LogP contribution in [0.4, 0.5) is 0 Å². The predicted octanol–water partition coefficient (Wildman–Crippen LogP) is 3.70. The zero-order valence-electron chi connectivity index (χ0n) is 10.3. The summed E-state index contributed by atoms with van der Waals surface area (Å²) < 4.78 is 0. The second kappa shape index (κ2) is 5.94. The van der Waals surface area contributed by atoms with Crippen LogP contribution in [-0.4, -0.2) is 5.11 Å². The average molecular weight is 259 g/mol. The van der Waals surface area contributed by atoms with Gasteiger partial charge in [0, 0.05) is 16.7 Å². The van der Waals surface area contributed by atoms with E-state index in [1.807, 2.05) is 25.1 Å². The van der Waals surface area contributed by atoms with Gasteiger partial charge in [-0.15, -0.1) is 11.8 Å². The second-order valence-electron chi connectivity index (χ2n) is 4.32. The zero-order valence-corrected chi connectivity index (χ0v) is 11.2. The maximum atomic E-state index is 9.22. The van der Waals surface area contributed by atoms with Crippen LogP contribution in [0.1, 0.15) is 24.1 Å². The fourth-order valence-corrected chi connectivity index (χ4v) is 2.57. The van der Waals surface area contributed by atoms with E-state index in [9.17, 15) is 5.11 Å². The number of hydrogen-bond donors (Lipinski definition) is 2. The summed E-state index contributed by atoms with van der Waals surface area (Å²) in [5.41, 5.74) is 8.23. The summed E-state index contributed by atoms with van der Waals surface area (Å²) in [6, 6.07) is 15.7. The van der Waals surface area contributed by atoms with Crippen LogP contribution in [0.2, 0.25) is 0 Å². The Balaban J connectivity index is 2.01. The Hall–Kier alpha value is -1.45. The van der Waals surface area contributed by atoms with Crippen LogP contribution in [0.3, 0.4) is 0 Å². The molecular formula is C15H17NOS. The van der Waals surface area contributed by atoms with Crippen LogP contribution >= 0.6 is 11.8 Å². The van der Waals surface area contributed by atoms with Gasteiger partial charge in [-0.1, -0.05) is 24.3 Å². The number of benzene rings is 2. The molecule has 0 saturated carbocycles. The summed E-state index contributed by atoms with van der Waals surface area (Å²) in [5.74, 6) is 1.20. The fourth-order valence-electron chi connectivity index (χ4n) is 1.65. The molecule has 0 spiro atoms. The first-order valence-corrected chi connectivity index (χ1v) is 6.90. The van der Waals surface area contributed by atoms with Gasteiger partial charge in [-0.25, -0.2) is 0 Å². The molecule has 3 heteroatoms. The molecule has 0 saturated heterocycles. The maximum Gasteiger partial charge on any atom is 0.115 e. The van der Waals surface area contributed by atoms with Gasteiger partial charge < -0.3 is 10.8 Å². The third-order valence-corrected chi connectivity index (χ3v) is 3.79. The molecule has 3 N–H and O–H groups in total. The second-order valence-corrected chi connectivity index (χ2v) is 5.37. The molecule has 0 aliphatic carbocycles. The summed E-state index contributed by atoms with van der Waals surface area (Å²) in [6.45, 7) is 1.99. The molecule has 0 heterocycles. The van der Waals surface area contributed by atoms with Crippen molar-refractivity contribution in [3.05, 3.63) is 59.7 Å². The smallest absolute Gasteiger partial charge is 0.115 e. The quantitative estimate of drug-likeness (QED) is 0.823. The zero-order chi connectivity index (χ0) is 13.0. The Morgan fingerprint density at radius 1 is 1.17 bits per heavy atom. The molecule has 0 aliphatic rings. The van der Waals surface area contributed by atoms with E-state index in [1.54, 1.807) is 23.9 Å². The topological polar surface area (TPSA) is 46.2 Å². The maximum absolute atomic E-state index is 9.22. The number of phenolic OH excluding ortho intramolecular Hbond substituents is 1. The van der Waals surface area contributed by atoms with Crippen molar-refractivity contribution in [2.24, 2.45) is 5.73 Å². The Labute approximate surface area is 112 Å². The van der Waals surface area contributed by atoms with E-state index >= 15 is 0 Å². The Bertz CT molecular complexity index is 508. The molecule has 94 valence electrons. The minimum Gasteiger partial charge on any atom is -0.508 e. The van der Waals surface area contributed by atoms with Gasteiger partial charge in [0.15, 0.2) is 0 Å². The Morgan fingerprint density at radius 3 is 2.56 bits per heavy atom. The van der Waals surface area contributed by atoms with Gasteiger partial charge >= 0.3 is 0 Å². The molecule has 0 aliphatic heterocycles. The number of phenols is 1. The van der Waals surface area contributed by atoms with E-state index in [4.69, 9.17) is 5.73 Å². The molecular weight excluding hydrogens is 242 g/mol. The minimum atomic E-state index is 0.0687. The number of thioether (sulfide) groups is 1. The van der Waals surface area contributed by atoms with Crippen molar-refractivity contribution >= 4 is 11.8 Å². The van der Waals surface area contributed by atoms with Gasteiger partial charge in [-0.3, -0.25) is 0 Å². The van der Waals surface area contributed by atoms with Crippen LogP contribution in [0.25, 0.3) is 0 Å². The standard InChI is InChI=1S/C15H17NOS/c1-11(16)13-3-2-4-15(9-13)18-10-12-5-7-14(17)8-6-12/h2-9,11,17H,10,16H2,1H3. The molecule has 0 aromatic heterocycles. The van der Waals surface area contributed by atoms with Gasteiger partial charge in [0.05, 0.1) is 0 Å². The summed E-state index contributed by atoms with van der Waals surface area (Å²) in [5, 5.41) is 9.22. The summed E-state index contributed by atoms with van der Waals surface area (Å²) in [7, 11) is 0. The first-order chi connectivity index (χ1) is 8.65. The molecule has 2 aromatic carbocycles. The number of hydrogen-bond acceptors (Lipinski definition) is 3.